The average molecular weight is 346 g/mol. The zero-order chi connectivity index (χ0) is 18.0. The zero-order valence-electron chi connectivity index (χ0n) is 15.2. The van der Waals surface area contributed by atoms with E-state index in [4.69, 9.17) is 11.3 Å². The first-order valence-electron chi connectivity index (χ1n) is 9.07. The van der Waals surface area contributed by atoms with Gasteiger partial charge in [-0.2, -0.15) is 0 Å². The van der Waals surface area contributed by atoms with Crippen LogP contribution >= 0.6 is 0 Å². The van der Waals surface area contributed by atoms with Crippen LogP contribution in [0.1, 0.15) is 40.0 Å². The first-order chi connectivity index (χ1) is 11.7. The minimum absolute atomic E-state index is 0.00411. The van der Waals surface area contributed by atoms with Gasteiger partial charge in [0.15, 0.2) is 0 Å². The van der Waals surface area contributed by atoms with Crippen LogP contribution in [0.25, 0.3) is 4.85 Å². The smallest absolute Gasteiger partial charge is 0.410 e. The third-order valence-electron chi connectivity index (χ3n) is 6.10. The van der Waals surface area contributed by atoms with Crippen LogP contribution in [0.5, 0.6) is 0 Å². The van der Waals surface area contributed by atoms with Crippen LogP contribution in [0.4, 0.5) is 9.59 Å². The molecule has 136 valence electrons. The van der Waals surface area contributed by atoms with Crippen LogP contribution in [-0.2, 0) is 4.74 Å². The van der Waals surface area contributed by atoms with Gasteiger partial charge < -0.3 is 24.3 Å². The number of fused-ring (bicyclic) bond motifs is 1. The molecule has 0 radical (unpaired) electrons. The van der Waals surface area contributed by atoms with Crippen molar-refractivity contribution in [3.05, 3.63) is 11.4 Å². The first kappa shape index (κ1) is 16.5. The molecule has 0 unspecified atom stereocenters. The fraction of sp³-hybridized carbons (Fsp3) is 0.833. The summed E-state index contributed by atoms with van der Waals surface area (Å²) in [5.74, 6) is 0. The Morgan fingerprint density at radius 1 is 1.28 bits per heavy atom. The molecule has 3 amide bonds. The summed E-state index contributed by atoms with van der Waals surface area (Å²) >= 11 is 0. The minimum Gasteiger partial charge on any atom is -0.444 e. The molecular formula is C18H26N4O3. The van der Waals surface area contributed by atoms with Crippen molar-refractivity contribution in [2.45, 2.75) is 57.2 Å². The van der Waals surface area contributed by atoms with Gasteiger partial charge in [-0.05, 0) is 40.0 Å². The van der Waals surface area contributed by atoms with Crippen LogP contribution in [0, 0.1) is 12.0 Å². The Morgan fingerprint density at radius 2 is 1.96 bits per heavy atom. The van der Waals surface area contributed by atoms with Crippen LogP contribution in [0.2, 0.25) is 0 Å². The molecule has 2 bridgehead atoms. The zero-order valence-corrected chi connectivity index (χ0v) is 15.2. The number of ether oxygens (including phenoxy) is 1. The first-order valence-corrected chi connectivity index (χ1v) is 9.07. The van der Waals surface area contributed by atoms with E-state index in [1.807, 2.05) is 30.6 Å². The molecule has 0 N–H and O–H groups in total. The number of urea groups is 1. The van der Waals surface area contributed by atoms with Crippen LogP contribution < -0.4 is 0 Å². The van der Waals surface area contributed by atoms with Crippen molar-refractivity contribution >= 4 is 12.1 Å². The Hall–Kier alpha value is -1.97. The molecule has 5 aliphatic rings. The van der Waals surface area contributed by atoms with E-state index in [1.165, 1.54) is 0 Å². The molecule has 25 heavy (non-hydrogen) atoms. The molecule has 0 aromatic carbocycles. The number of hydrogen-bond acceptors (Lipinski definition) is 3. The summed E-state index contributed by atoms with van der Waals surface area (Å²) in [4.78, 5) is 34.4. The van der Waals surface area contributed by atoms with Gasteiger partial charge in [-0.25, -0.2) is 16.2 Å². The molecule has 3 saturated carbocycles. The van der Waals surface area contributed by atoms with E-state index in [0.29, 0.717) is 32.7 Å². The SMILES string of the molecule is [C-]#[N+]CC12CC(N3C[C@@H]4CN(C(=O)OC(C)(C)C)CCN4C3=O)(C1)C2. The van der Waals surface area contributed by atoms with Crippen molar-refractivity contribution < 1.29 is 14.3 Å². The normalized spacial score (nSPS) is 36.3. The Morgan fingerprint density at radius 3 is 2.56 bits per heavy atom. The molecule has 3 aliphatic carbocycles. The fourth-order valence-electron chi connectivity index (χ4n) is 5.16. The monoisotopic (exact) mass is 346 g/mol. The van der Waals surface area contributed by atoms with Crippen LogP contribution in [-0.4, -0.2) is 76.7 Å². The summed E-state index contributed by atoms with van der Waals surface area (Å²) < 4.78 is 5.47. The molecule has 2 heterocycles. The highest BCUT2D eigenvalue weighted by Crippen LogP contribution is 2.70. The molecule has 5 fully saturated rings. The number of carbonyl (C=O) groups excluding carboxylic acids is 2. The molecular weight excluding hydrogens is 320 g/mol. The summed E-state index contributed by atoms with van der Waals surface area (Å²) in [5, 5.41) is 0. The van der Waals surface area contributed by atoms with E-state index in [-0.39, 0.29) is 29.1 Å². The largest absolute Gasteiger partial charge is 0.444 e. The highest BCUT2D eigenvalue weighted by atomic mass is 16.6. The van der Waals surface area contributed by atoms with Gasteiger partial charge in [0, 0.05) is 37.1 Å². The Kier molecular flexibility index (Phi) is 3.32. The molecule has 1 atom stereocenters. The third kappa shape index (κ3) is 2.45. The predicted octanol–water partition coefficient (Wildman–Crippen LogP) is 2.19. The Bertz CT molecular complexity index is 642. The van der Waals surface area contributed by atoms with Crippen molar-refractivity contribution in [1.29, 1.82) is 0 Å². The van der Waals surface area contributed by atoms with E-state index in [2.05, 4.69) is 4.85 Å². The lowest BCUT2D eigenvalue weighted by Crippen LogP contribution is -2.75. The highest BCUT2D eigenvalue weighted by molar-refractivity contribution is 5.80. The number of amides is 3. The van der Waals surface area contributed by atoms with Gasteiger partial charge in [0.25, 0.3) is 0 Å². The molecule has 0 aromatic heterocycles. The van der Waals surface area contributed by atoms with Gasteiger partial charge in [0.05, 0.1) is 6.04 Å². The second kappa shape index (κ2) is 5.03. The second-order valence-corrected chi connectivity index (χ2v) is 9.24. The molecule has 2 saturated heterocycles. The quantitative estimate of drug-likeness (QED) is 0.720. The van der Waals surface area contributed by atoms with Crippen LogP contribution in [0.15, 0.2) is 0 Å². The van der Waals surface area contributed by atoms with E-state index < -0.39 is 5.60 Å². The number of rotatable bonds is 2. The summed E-state index contributed by atoms with van der Waals surface area (Å²) in [6, 6.07) is 0.171. The molecule has 7 heteroatoms. The van der Waals surface area contributed by atoms with Gasteiger partial charge >= 0.3 is 12.1 Å². The molecule has 0 aromatic rings. The van der Waals surface area contributed by atoms with Crippen LogP contribution in [0.3, 0.4) is 0 Å². The maximum Gasteiger partial charge on any atom is 0.410 e. The third-order valence-corrected chi connectivity index (χ3v) is 6.10. The highest BCUT2D eigenvalue weighted by Gasteiger charge is 2.74. The molecule has 7 nitrogen and oxygen atoms in total. The summed E-state index contributed by atoms with van der Waals surface area (Å²) in [7, 11) is 0. The molecule has 2 aliphatic heterocycles. The maximum atomic E-state index is 12.8. The van der Waals surface area contributed by atoms with E-state index in [1.54, 1.807) is 4.90 Å². The summed E-state index contributed by atoms with van der Waals surface area (Å²) in [5.41, 5.74) is -0.321. The average Bonchev–Trinajstić information content (AvgIpc) is 2.76. The standard InChI is InChI=1S/C18H26N4O3/c1-16(2,3)25-15(24)20-5-6-21-13(7-20)8-22(14(21)23)18-9-17(10-18,11-18)12-19-4/h13H,5-12H2,1-3H3/t13-,17?,18?/m0/s1. The summed E-state index contributed by atoms with van der Waals surface area (Å²) in [6.07, 6.45) is 2.64. The number of hydrogen-bond donors (Lipinski definition) is 0. The Labute approximate surface area is 148 Å². The van der Waals surface area contributed by atoms with Gasteiger partial charge in [-0.3, -0.25) is 0 Å². The van der Waals surface area contributed by atoms with Crippen molar-refractivity contribution in [1.82, 2.24) is 14.7 Å². The van der Waals surface area contributed by atoms with Gasteiger partial charge in [-0.1, -0.05) is 0 Å². The summed E-state index contributed by atoms with van der Waals surface area (Å²) in [6.45, 7) is 15.6. The van der Waals surface area contributed by atoms with Crippen molar-refractivity contribution in [3.8, 4) is 0 Å². The maximum absolute atomic E-state index is 12.8. The number of nitrogens with zero attached hydrogens (tertiary/aromatic N) is 4. The lowest BCUT2D eigenvalue weighted by Gasteiger charge is -2.70. The van der Waals surface area contributed by atoms with Crippen molar-refractivity contribution in [2.24, 2.45) is 5.41 Å². The van der Waals surface area contributed by atoms with Gasteiger partial charge in [0.1, 0.15) is 5.60 Å². The van der Waals surface area contributed by atoms with Crippen molar-refractivity contribution in [2.75, 3.05) is 32.7 Å². The van der Waals surface area contributed by atoms with E-state index >= 15 is 0 Å². The van der Waals surface area contributed by atoms with Gasteiger partial charge in [-0.15, -0.1) is 0 Å². The topological polar surface area (TPSA) is 57.5 Å². The molecule has 0 spiro atoms. The Balaban J connectivity index is 1.39. The fourth-order valence-corrected chi connectivity index (χ4v) is 5.16. The number of carbonyl (C=O) groups is 2. The minimum atomic E-state index is -0.505. The number of piperazine rings is 1. The van der Waals surface area contributed by atoms with E-state index in [9.17, 15) is 9.59 Å². The predicted molar refractivity (Wildman–Crippen MR) is 90.9 cm³/mol. The second-order valence-electron chi connectivity index (χ2n) is 9.24. The van der Waals surface area contributed by atoms with E-state index in [0.717, 1.165) is 19.3 Å². The van der Waals surface area contributed by atoms with Gasteiger partial charge in [0.2, 0.25) is 6.54 Å². The lowest BCUT2D eigenvalue weighted by atomic mass is 9.39. The molecule has 5 rings (SSSR count). The lowest BCUT2D eigenvalue weighted by molar-refractivity contribution is -0.189. The van der Waals surface area contributed by atoms with Crippen molar-refractivity contribution in [3.63, 3.8) is 0 Å².